The molecule has 5 nitrogen and oxygen atoms in total. The molecule has 2 atom stereocenters. The largest absolute Gasteiger partial charge is 0.466 e. The second kappa shape index (κ2) is 7.70. The average molecular weight is 559 g/mol. The van der Waals surface area contributed by atoms with Gasteiger partial charge < -0.3 is 4.74 Å². The Bertz CT molecular complexity index is 1210. The summed E-state index contributed by atoms with van der Waals surface area (Å²) in [5.41, 5.74) is 0.576. The molecular weight excluding hydrogens is 538 g/mol. The summed E-state index contributed by atoms with van der Waals surface area (Å²) in [5.74, 6) is 0.355. The molecule has 0 fully saturated rings. The molecule has 0 aliphatic carbocycles. The summed E-state index contributed by atoms with van der Waals surface area (Å²) in [7, 11) is 0. The van der Waals surface area contributed by atoms with E-state index in [1.807, 2.05) is 92.4 Å². The van der Waals surface area contributed by atoms with Crippen molar-refractivity contribution in [1.29, 1.82) is 0 Å². The first-order valence-electron chi connectivity index (χ1n) is 10.2. The SMILES string of the molecule is CC(C)(C)OO[C@]12C(=O)c3cc(Br)ccc3N1[C@H](c1ccccc1)Oc1cc(Br)ccc12. The van der Waals surface area contributed by atoms with Gasteiger partial charge in [-0.05, 0) is 57.2 Å². The van der Waals surface area contributed by atoms with E-state index in [0.717, 1.165) is 20.2 Å². The summed E-state index contributed by atoms with van der Waals surface area (Å²) in [6, 6.07) is 21.0. The minimum atomic E-state index is -1.54. The number of hydrogen-bond acceptors (Lipinski definition) is 5. The van der Waals surface area contributed by atoms with Gasteiger partial charge in [-0.15, -0.1) is 0 Å². The molecular formula is C25H21Br2NO4. The van der Waals surface area contributed by atoms with Crippen LogP contribution in [0, 0.1) is 0 Å². The van der Waals surface area contributed by atoms with Crippen LogP contribution in [0.4, 0.5) is 5.69 Å². The number of carbonyl (C=O) groups is 1. The standard InChI is InChI=1S/C25H21Br2NO4/c1-24(2,3)31-32-25-19-11-9-17(27)14-21(19)30-23(15-7-5-4-6-8-15)28(25)20-12-10-16(26)13-18(20)22(25)29/h4-14,23H,1-3H3/t23-,25+/m0/s1. The van der Waals surface area contributed by atoms with Crippen molar-refractivity contribution in [2.75, 3.05) is 4.90 Å². The lowest BCUT2D eigenvalue weighted by atomic mass is 9.93. The lowest BCUT2D eigenvalue weighted by Crippen LogP contribution is -2.56. The Labute approximate surface area is 203 Å². The van der Waals surface area contributed by atoms with Crippen molar-refractivity contribution in [3.05, 3.63) is 92.4 Å². The van der Waals surface area contributed by atoms with Gasteiger partial charge in [0.1, 0.15) is 5.75 Å². The van der Waals surface area contributed by atoms with Crippen LogP contribution < -0.4 is 9.64 Å². The highest BCUT2D eigenvalue weighted by atomic mass is 79.9. The molecule has 32 heavy (non-hydrogen) atoms. The molecule has 0 bridgehead atoms. The third-order valence-corrected chi connectivity index (χ3v) is 6.38. The van der Waals surface area contributed by atoms with E-state index >= 15 is 0 Å². The third-order valence-electron chi connectivity index (χ3n) is 5.39. The van der Waals surface area contributed by atoms with E-state index in [2.05, 4.69) is 31.9 Å². The van der Waals surface area contributed by atoms with E-state index in [0.29, 0.717) is 16.9 Å². The normalized spacial score (nSPS) is 21.6. The van der Waals surface area contributed by atoms with Crippen LogP contribution >= 0.6 is 31.9 Å². The van der Waals surface area contributed by atoms with Crippen molar-refractivity contribution in [3.63, 3.8) is 0 Å². The van der Waals surface area contributed by atoms with E-state index in [-0.39, 0.29) is 5.78 Å². The summed E-state index contributed by atoms with van der Waals surface area (Å²) in [4.78, 5) is 28.0. The maximum Gasteiger partial charge on any atom is 0.271 e. The maximum atomic E-state index is 14.1. The number of halogens is 2. The van der Waals surface area contributed by atoms with Crippen molar-refractivity contribution in [1.82, 2.24) is 0 Å². The van der Waals surface area contributed by atoms with Crippen LogP contribution in [0.2, 0.25) is 0 Å². The van der Waals surface area contributed by atoms with Crippen LogP contribution in [0.5, 0.6) is 5.75 Å². The third kappa shape index (κ3) is 3.39. The predicted octanol–water partition coefficient (Wildman–Crippen LogP) is 6.91. The van der Waals surface area contributed by atoms with Gasteiger partial charge in [0.05, 0.1) is 16.9 Å². The Kier molecular flexibility index (Phi) is 5.21. The molecule has 0 saturated carbocycles. The molecule has 5 rings (SSSR count). The zero-order chi connectivity index (χ0) is 22.7. The van der Waals surface area contributed by atoms with Gasteiger partial charge in [0.25, 0.3) is 5.72 Å². The number of Topliss-reactive ketones (excluding diaryl/α,β-unsaturated/α-hetero) is 1. The van der Waals surface area contributed by atoms with E-state index in [1.165, 1.54) is 0 Å². The average Bonchev–Trinajstić information content (AvgIpc) is 3.00. The van der Waals surface area contributed by atoms with E-state index in [1.54, 1.807) is 0 Å². The fourth-order valence-electron chi connectivity index (χ4n) is 4.09. The zero-order valence-electron chi connectivity index (χ0n) is 17.8. The summed E-state index contributed by atoms with van der Waals surface area (Å²) >= 11 is 7.02. The number of fused-ring (bicyclic) bond motifs is 5. The Hall–Kier alpha value is -2.19. The topological polar surface area (TPSA) is 48.0 Å². The van der Waals surface area contributed by atoms with E-state index in [9.17, 15) is 4.79 Å². The molecule has 3 aromatic carbocycles. The van der Waals surface area contributed by atoms with Gasteiger partial charge in [-0.3, -0.25) is 9.69 Å². The molecule has 0 saturated heterocycles. The molecule has 0 amide bonds. The van der Waals surface area contributed by atoms with Crippen LogP contribution in [0.15, 0.2) is 75.7 Å². The minimum Gasteiger partial charge on any atom is -0.466 e. The van der Waals surface area contributed by atoms with Gasteiger partial charge in [-0.2, -0.15) is 4.89 Å². The quantitative estimate of drug-likeness (QED) is 0.258. The molecule has 0 spiro atoms. The van der Waals surface area contributed by atoms with Crippen molar-refractivity contribution >= 4 is 43.3 Å². The molecule has 0 radical (unpaired) electrons. The molecule has 7 heteroatoms. The Morgan fingerprint density at radius 3 is 2.38 bits per heavy atom. The number of anilines is 1. The summed E-state index contributed by atoms with van der Waals surface area (Å²) in [6.07, 6.45) is -0.604. The summed E-state index contributed by atoms with van der Waals surface area (Å²) in [5, 5.41) is 0. The number of ketones is 1. The van der Waals surface area contributed by atoms with Crippen molar-refractivity contribution in [2.45, 2.75) is 38.3 Å². The van der Waals surface area contributed by atoms with Gasteiger partial charge in [-0.1, -0.05) is 62.2 Å². The van der Waals surface area contributed by atoms with E-state index < -0.39 is 17.6 Å². The highest BCUT2D eigenvalue weighted by Gasteiger charge is 2.62. The molecule has 0 unspecified atom stereocenters. The molecule has 2 aliphatic heterocycles. The van der Waals surface area contributed by atoms with Gasteiger partial charge in [0.2, 0.25) is 12.0 Å². The molecule has 0 N–H and O–H groups in total. The Morgan fingerprint density at radius 2 is 1.66 bits per heavy atom. The Balaban J connectivity index is 1.80. The summed E-state index contributed by atoms with van der Waals surface area (Å²) in [6.45, 7) is 5.65. The maximum absolute atomic E-state index is 14.1. The summed E-state index contributed by atoms with van der Waals surface area (Å²) < 4.78 is 8.15. The van der Waals surface area contributed by atoms with E-state index in [4.69, 9.17) is 14.5 Å². The lowest BCUT2D eigenvalue weighted by molar-refractivity contribution is -0.397. The van der Waals surface area contributed by atoms with Crippen molar-refractivity contribution in [3.8, 4) is 5.75 Å². The van der Waals surface area contributed by atoms with Crippen LogP contribution in [0.1, 0.15) is 48.5 Å². The first-order chi connectivity index (χ1) is 15.2. The lowest BCUT2D eigenvalue weighted by Gasteiger charge is -2.47. The molecule has 0 aromatic heterocycles. The molecule has 164 valence electrons. The highest BCUT2D eigenvalue weighted by molar-refractivity contribution is 9.10. The van der Waals surface area contributed by atoms with Gasteiger partial charge in [0, 0.05) is 20.1 Å². The number of carbonyl (C=O) groups excluding carboxylic acids is 1. The zero-order valence-corrected chi connectivity index (χ0v) is 20.9. The fourth-order valence-corrected chi connectivity index (χ4v) is 4.80. The number of hydrogen-bond donors (Lipinski definition) is 0. The molecule has 3 aromatic rings. The van der Waals surface area contributed by atoms with Crippen molar-refractivity contribution in [2.24, 2.45) is 0 Å². The number of ether oxygens (including phenoxy) is 1. The molecule has 2 heterocycles. The second-order valence-corrected chi connectivity index (χ2v) is 10.6. The fraction of sp³-hybridized carbons (Fsp3) is 0.240. The van der Waals surface area contributed by atoms with Crippen LogP contribution in [-0.2, 0) is 15.5 Å². The predicted molar refractivity (Wildman–Crippen MR) is 129 cm³/mol. The smallest absolute Gasteiger partial charge is 0.271 e. The second-order valence-electron chi connectivity index (χ2n) is 8.81. The first kappa shape index (κ1) is 21.6. The van der Waals surface area contributed by atoms with Crippen LogP contribution in [0.3, 0.4) is 0 Å². The number of rotatable bonds is 3. The number of benzene rings is 3. The number of nitrogens with zero attached hydrogens (tertiary/aromatic N) is 1. The van der Waals surface area contributed by atoms with Gasteiger partial charge >= 0.3 is 0 Å². The first-order valence-corrected chi connectivity index (χ1v) is 11.8. The molecule has 2 aliphatic rings. The highest BCUT2D eigenvalue weighted by Crippen LogP contribution is 2.56. The van der Waals surface area contributed by atoms with Gasteiger partial charge in [0.15, 0.2) is 0 Å². The van der Waals surface area contributed by atoms with Crippen LogP contribution in [-0.4, -0.2) is 11.4 Å². The Morgan fingerprint density at radius 1 is 0.969 bits per heavy atom. The van der Waals surface area contributed by atoms with Crippen molar-refractivity contribution < 1.29 is 19.3 Å². The van der Waals surface area contributed by atoms with Gasteiger partial charge in [-0.25, -0.2) is 4.89 Å². The van der Waals surface area contributed by atoms with Crippen LogP contribution in [0.25, 0.3) is 0 Å². The minimum absolute atomic E-state index is 0.203. The monoisotopic (exact) mass is 557 g/mol.